The molecule has 2 aromatic heterocycles. The highest BCUT2D eigenvalue weighted by Gasteiger charge is 2.27. The maximum absolute atomic E-state index is 14.0. The number of aliphatic hydroxyl groups is 1. The maximum Gasteiger partial charge on any atom is 0.262 e. The number of aromatic nitrogens is 2. The predicted octanol–water partition coefficient (Wildman–Crippen LogP) is 2.95. The summed E-state index contributed by atoms with van der Waals surface area (Å²) in [5.41, 5.74) is 3.37. The van der Waals surface area contributed by atoms with Crippen molar-refractivity contribution in [3.63, 3.8) is 0 Å². The number of ether oxygens (including phenoxy) is 2. The fraction of sp³-hybridized carbons (Fsp3) is 0.400. The van der Waals surface area contributed by atoms with Gasteiger partial charge in [0.2, 0.25) is 0 Å². The number of pyridine rings is 2. The molecule has 0 radical (unpaired) electrons. The molecule has 1 saturated heterocycles. The molecule has 0 unspecified atom stereocenters. The van der Waals surface area contributed by atoms with Gasteiger partial charge in [-0.25, -0.2) is 9.37 Å². The van der Waals surface area contributed by atoms with Gasteiger partial charge in [0.1, 0.15) is 5.75 Å². The van der Waals surface area contributed by atoms with Gasteiger partial charge in [0, 0.05) is 43.5 Å². The van der Waals surface area contributed by atoms with Crippen LogP contribution < -0.4 is 20.1 Å². The van der Waals surface area contributed by atoms with Gasteiger partial charge in [0.25, 0.3) is 11.8 Å². The number of likely N-dealkylation sites (tertiary alicyclic amines) is 1. The monoisotopic (exact) mass is 551 g/mol. The quantitative estimate of drug-likeness (QED) is 0.411. The van der Waals surface area contributed by atoms with Crippen molar-refractivity contribution in [2.75, 3.05) is 38.7 Å². The minimum absolute atomic E-state index is 0. The molecule has 37 heavy (non-hydrogen) atoms. The number of hydrogen-bond donors (Lipinski definition) is 3. The number of aliphatic hydroxyl groups excluding tert-OH is 1. The fourth-order valence-corrected chi connectivity index (χ4v) is 4.91. The topological polar surface area (TPSA) is 109 Å². The largest absolute Gasteiger partial charge is 0.482 e. The molecule has 2 aliphatic heterocycles. The van der Waals surface area contributed by atoms with Crippen LogP contribution in [-0.4, -0.2) is 71.4 Å². The third-order valence-corrected chi connectivity index (χ3v) is 6.92. The lowest BCUT2D eigenvalue weighted by atomic mass is 10.0. The number of benzene rings is 1. The van der Waals surface area contributed by atoms with Gasteiger partial charge in [-0.2, -0.15) is 0 Å². The SMILES string of the molecule is COc1nc2c(CCN3CC[C@H](NCc4ccc5c(c4)NC(=O)CO5)[C@H](O)C3)c(Cl)cnc2cc1F.Cl. The van der Waals surface area contributed by atoms with Gasteiger partial charge < -0.3 is 30.1 Å². The summed E-state index contributed by atoms with van der Waals surface area (Å²) in [7, 11) is 1.37. The molecule has 5 rings (SSSR count). The molecule has 1 fully saturated rings. The molecule has 1 amide bonds. The van der Waals surface area contributed by atoms with E-state index in [2.05, 4.69) is 25.5 Å². The second kappa shape index (κ2) is 11.7. The predicted molar refractivity (Wildman–Crippen MR) is 140 cm³/mol. The van der Waals surface area contributed by atoms with Crippen LogP contribution in [0.25, 0.3) is 11.0 Å². The van der Waals surface area contributed by atoms with Crippen LogP contribution in [0.2, 0.25) is 5.02 Å². The number of rotatable bonds is 7. The summed E-state index contributed by atoms with van der Waals surface area (Å²) in [4.78, 5) is 22.2. The summed E-state index contributed by atoms with van der Waals surface area (Å²) in [6.07, 6.45) is 2.31. The second-order valence-corrected chi connectivity index (χ2v) is 9.40. The first-order chi connectivity index (χ1) is 17.4. The molecule has 2 atom stereocenters. The lowest BCUT2D eigenvalue weighted by Crippen LogP contribution is -2.52. The summed E-state index contributed by atoms with van der Waals surface area (Å²) in [6, 6.07) is 6.92. The minimum Gasteiger partial charge on any atom is -0.482 e. The number of carbonyl (C=O) groups is 1. The summed E-state index contributed by atoms with van der Waals surface area (Å²) < 4.78 is 24.5. The molecule has 3 aromatic rings. The summed E-state index contributed by atoms with van der Waals surface area (Å²) >= 11 is 6.41. The Morgan fingerprint density at radius 2 is 2.22 bits per heavy atom. The van der Waals surface area contributed by atoms with E-state index in [1.165, 1.54) is 19.4 Å². The molecule has 0 saturated carbocycles. The first kappa shape index (κ1) is 27.3. The van der Waals surface area contributed by atoms with Crippen LogP contribution in [0.1, 0.15) is 17.5 Å². The van der Waals surface area contributed by atoms with Crippen LogP contribution in [0.3, 0.4) is 0 Å². The van der Waals surface area contributed by atoms with Crippen LogP contribution in [0.4, 0.5) is 10.1 Å². The standard InChI is InChI=1S/C25H27ClFN5O4.ClH/c1-35-25-17(27)9-20-24(31-25)15(16(26)11-29-20)4-6-32-7-5-18(21(33)12-32)28-10-14-2-3-22-19(8-14)30-23(34)13-36-22;/h2-3,8-9,11,18,21,28,33H,4-7,10,12-13H2,1H3,(H,30,34);1H/t18-,21+;/m0./s1. The number of piperidine rings is 1. The van der Waals surface area contributed by atoms with Gasteiger partial charge in [-0.3, -0.25) is 9.78 Å². The van der Waals surface area contributed by atoms with Gasteiger partial charge in [0.15, 0.2) is 12.4 Å². The van der Waals surface area contributed by atoms with Crippen molar-refractivity contribution in [3.05, 3.63) is 52.4 Å². The molecule has 0 bridgehead atoms. The van der Waals surface area contributed by atoms with Gasteiger partial charge in [-0.15, -0.1) is 12.4 Å². The van der Waals surface area contributed by atoms with E-state index < -0.39 is 11.9 Å². The van der Waals surface area contributed by atoms with Crippen LogP contribution >= 0.6 is 24.0 Å². The number of anilines is 1. The van der Waals surface area contributed by atoms with E-state index in [9.17, 15) is 14.3 Å². The van der Waals surface area contributed by atoms with E-state index in [4.69, 9.17) is 21.1 Å². The number of nitrogens with zero attached hydrogens (tertiary/aromatic N) is 3. The third kappa shape index (κ3) is 6.05. The summed E-state index contributed by atoms with van der Waals surface area (Å²) in [5, 5.41) is 17.5. The van der Waals surface area contributed by atoms with Crippen LogP contribution in [0, 0.1) is 5.82 Å². The second-order valence-electron chi connectivity index (χ2n) is 8.99. The molecular weight excluding hydrogens is 524 g/mol. The lowest BCUT2D eigenvalue weighted by Gasteiger charge is -2.36. The minimum atomic E-state index is -0.572. The highest BCUT2D eigenvalue weighted by atomic mass is 35.5. The Kier molecular flexibility index (Phi) is 8.66. The van der Waals surface area contributed by atoms with Crippen LogP contribution in [0.5, 0.6) is 11.6 Å². The number of nitrogens with one attached hydrogen (secondary N) is 2. The number of fused-ring (bicyclic) bond motifs is 2. The van der Waals surface area contributed by atoms with Gasteiger partial charge in [0.05, 0.1) is 35.0 Å². The first-order valence-electron chi connectivity index (χ1n) is 11.8. The molecule has 3 N–H and O–H groups in total. The van der Waals surface area contributed by atoms with E-state index in [0.29, 0.717) is 53.5 Å². The number of hydrogen-bond acceptors (Lipinski definition) is 8. The molecule has 9 nitrogen and oxygen atoms in total. The van der Waals surface area contributed by atoms with Crippen molar-refractivity contribution in [2.45, 2.75) is 31.5 Å². The third-order valence-electron chi connectivity index (χ3n) is 6.60. The van der Waals surface area contributed by atoms with E-state index in [1.807, 2.05) is 18.2 Å². The Hall–Kier alpha value is -2.76. The van der Waals surface area contributed by atoms with Gasteiger partial charge >= 0.3 is 0 Å². The van der Waals surface area contributed by atoms with Crippen molar-refractivity contribution in [1.29, 1.82) is 0 Å². The van der Waals surface area contributed by atoms with Crippen LogP contribution in [-0.2, 0) is 17.8 Å². The molecule has 198 valence electrons. The normalized spacial score (nSPS) is 19.5. The zero-order valence-corrected chi connectivity index (χ0v) is 21.7. The Morgan fingerprint density at radius 1 is 1.38 bits per heavy atom. The number of methoxy groups -OCH3 is 1. The van der Waals surface area contributed by atoms with Crippen LogP contribution in [0.15, 0.2) is 30.5 Å². The van der Waals surface area contributed by atoms with E-state index in [-0.39, 0.29) is 36.8 Å². The van der Waals surface area contributed by atoms with Crippen molar-refractivity contribution in [1.82, 2.24) is 20.2 Å². The number of β-amino-alcohol motifs (C(OH)–C–C–N with tert-alkyl or cyclic N) is 1. The average molecular weight is 552 g/mol. The summed E-state index contributed by atoms with van der Waals surface area (Å²) in [5.74, 6) is -0.174. The maximum atomic E-state index is 14.0. The molecule has 2 aliphatic rings. The highest BCUT2D eigenvalue weighted by Crippen LogP contribution is 2.29. The fourth-order valence-electron chi connectivity index (χ4n) is 4.68. The van der Waals surface area contributed by atoms with E-state index in [0.717, 1.165) is 24.1 Å². The zero-order chi connectivity index (χ0) is 25.2. The number of carbonyl (C=O) groups excluding carboxylic acids is 1. The van der Waals surface area contributed by atoms with Gasteiger partial charge in [-0.05, 0) is 37.1 Å². The van der Waals surface area contributed by atoms with Crippen molar-refractivity contribution >= 4 is 46.6 Å². The smallest absolute Gasteiger partial charge is 0.262 e. The number of halogens is 3. The Balaban J connectivity index is 0.00000320. The Bertz CT molecular complexity index is 1300. The van der Waals surface area contributed by atoms with Gasteiger partial charge in [-0.1, -0.05) is 17.7 Å². The molecule has 1 aromatic carbocycles. The summed E-state index contributed by atoms with van der Waals surface area (Å²) in [6.45, 7) is 2.57. The van der Waals surface area contributed by atoms with E-state index in [1.54, 1.807) is 0 Å². The molecular formula is C25H28Cl2FN5O4. The highest BCUT2D eigenvalue weighted by molar-refractivity contribution is 6.32. The van der Waals surface area contributed by atoms with E-state index >= 15 is 0 Å². The zero-order valence-electron chi connectivity index (χ0n) is 20.2. The molecule has 12 heteroatoms. The molecule has 4 heterocycles. The molecule has 0 spiro atoms. The van der Waals surface area contributed by atoms with Crippen molar-refractivity contribution in [2.24, 2.45) is 0 Å². The van der Waals surface area contributed by atoms with Crippen molar-refractivity contribution in [3.8, 4) is 11.6 Å². The Morgan fingerprint density at radius 3 is 3.00 bits per heavy atom. The lowest BCUT2D eigenvalue weighted by molar-refractivity contribution is -0.118. The molecule has 0 aliphatic carbocycles. The first-order valence-corrected chi connectivity index (χ1v) is 12.2. The number of amides is 1. The Labute approximate surface area is 224 Å². The average Bonchev–Trinajstić information content (AvgIpc) is 2.87. The van der Waals surface area contributed by atoms with Crippen molar-refractivity contribution < 1.29 is 23.8 Å².